The molecule has 0 unspecified atom stereocenters. The summed E-state index contributed by atoms with van der Waals surface area (Å²) in [5.41, 5.74) is 0.125. The van der Waals surface area contributed by atoms with Gasteiger partial charge in [0.1, 0.15) is 11.6 Å². The van der Waals surface area contributed by atoms with Crippen LogP contribution in [0.15, 0.2) is 64.1 Å². The fourth-order valence-electron chi connectivity index (χ4n) is 2.51. The molecule has 26 heavy (non-hydrogen) atoms. The van der Waals surface area contributed by atoms with Crippen molar-refractivity contribution in [3.8, 4) is 11.3 Å². The van der Waals surface area contributed by atoms with Crippen LogP contribution in [-0.4, -0.2) is 19.4 Å². The van der Waals surface area contributed by atoms with E-state index >= 15 is 0 Å². The van der Waals surface area contributed by atoms with Crippen LogP contribution in [-0.2, 0) is 16.6 Å². The second kappa shape index (κ2) is 7.30. The predicted octanol–water partition coefficient (Wildman–Crippen LogP) is 4.15. The van der Waals surface area contributed by atoms with Crippen molar-refractivity contribution in [3.63, 3.8) is 0 Å². The van der Waals surface area contributed by atoms with Gasteiger partial charge in [0.05, 0.1) is 10.6 Å². The first-order chi connectivity index (χ1) is 13.5. The molecule has 0 radical (unpaired) electrons. The van der Waals surface area contributed by atoms with E-state index < -0.39 is 28.6 Å². The standard InChI is InChI=1S/C18H15BrF2N2O2S/c1-22-10-12-8-18(16-7-4-14(20)9-17(16)21)23(11-12)26(24,25)15-5-2-13(19)3-6-15/h2-9,11,22H,10H2,1H3/i1D3. The third-order valence-corrected chi connectivity index (χ3v) is 5.93. The van der Waals surface area contributed by atoms with Crippen LogP contribution in [0.4, 0.5) is 8.78 Å². The summed E-state index contributed by atoms with van der Waals surface area (Å²) in [4.78, 5) is -0.0459. The maximum Gasteiger partial charge on any atom is 0.268 e. The van der Waals surface area contributed by atoms with Crippen LogP contribution in [0.1, 0.15) is 9.68 Å². The molecule has 136 valence electrons. The van der Waals surface area contributed by atoms with Gasteiger partial charge in [-0.25, -0.2) is 21.2 Å². The van der Waals surface area contributed by atoms with Gasteiger partial charge in [0.2, 0.25) is 0 Å². The molecule has 4 nitrogen and oxygen atoms in total. The van der Waals surface area contributed by atoms with Gasteiger partial charge in [-0.05, 0) is 55.0 Å². The Morgan fingerprint density at radius 1 is 1.15 bits per heavy atom. The van der Waals surface area contributed by atoms with Crippen molar-refractivity contribution in [2.24, 2.45) is 0 Å². The van der Waals surface area contributed by atoms with Crippen molar-refractivity contribution in [1.29, 1.82) is 0 Å². The van der Waals surface area contributed by atoms with Gasteiger partial charge in [-0.1, -0.05) is 15.9 Å². The minimum atomic E-state index is -4.13. The fraction of sp³-hybridized carbons (Fsp3) is 0.111. The lowest BCUT2D eigenvalue weighted by Crippen LogP contribution is -2.13. The zero-order valence-corrected chi connectivity index (χ0v) is 15.6. The van der Waals surface area contributed by atoms with Crippen LogP contribution < -0.4 is 5.32 Å². The maximum absolute atomic E-state index is 14.4. The molecular weight excluding hydrogens is 426 g/mol. The van der Waals surface area contributed by atoms with Gasteiger partial charge in [-0.15, -0.1) is 0 Å². The van der Waals surface area contributed by atoms with Gasteiger partial charge in [0.25, 0.3) is 10.0 Å². The largest absolute Gasteiger partial charge is 0.316 e. The molecule has 3 rings (SSSR count). The van der Waals surface area contributed by atoms with E-state index in [1.165, 1.54) is 24.4 Å². The van der Waals surface area contributed by atoms with Crippen molar-refractivity contribution in [2.75, 3.05) is 6.98 Å². The SMILES string of the molecule is [2H]C([2H])([2H])NCc1cc(-c2ccc(F)cc2F)n(S(=O)(=O)c2ccc(Br)cc2)c1. The Balaban J connectivity index is 2.15. The highest BCUT2D eigenvalue weighted by atomic mass is 79.9. The Morgan fingerprint density at radius 3 is 2.54 bits per heavy atom. The predicted molar refractivity (Wildman–Crippen MR) is 99.3 cm³/mol. The van der Waals surface area contributed by atoms with Crippen LogP contribution in [0.2, 0.25) is 0 Å². The minimum absolute atomic E-state index is 0.0459. The van der Waals surface area contributed by atoms with E-state index in [1.54, 1.807) is 12.1 Å². The summed E-state index contributed by atoms with van der Waals surface area (Å²) in [5.74, 6) is -1.74. The number of halogens is 3. The van der Waals surface area contributed by atoms with Gasteiger partial charge >= 0.3 is 0 Å². The van der Waals surface area contributed by atoms with Gasteiger partial charge in [-0.3, -0.25) is 0 Å². The number of hydrogen-bond acceptors (Lipinski definition) is 3. The zero-order valence-electron chi connectivity index (χ0n) is 16.2. The molecule has 0 aliphatic rings. The second-order valence-corrected chi connectivity index (χ2v) is 8.20. The number of rotatable bonds is 5. The number of nitrogens with one attached hydrogen (secondary N) is 1. The van der Waals surface area contributed by atoms with Gasteiger partial charge in [0, 0.05) is 33.0 Å². The van der Waals surface area contributed by atoms with E-state index in [9.17, 15) is 17.2 Å². The van der Waals surface area contributed by atoms with Gasteiger partial charge < -0.3 is 5.32 Å². The van der Waals surface area contributed by atoms with Gasteiger partial charge in [-0.2, -0.15) is 0 Å². The molecule has 0 amide bonds. The van der Waals surface area contributed by atoms with Crippen molar-refractivity contribution >= 4 is 26.0 Å². The third kappa shape index (κ3) is 3.58. The highest BCUT2D eigenvalue weighted by molar-refractivity contribution is 9.10. The molecule has 1 N–H and O–H groups in total. The highest BCUT2D eigenvalue weighted by Gasteiger charge is 2.23. The summed E-state index contributed by atoms with van der Waals surface area (Å²) >= 11 is 3.23. The number of hydrogen-bond donors (Lipinski definition) is 1. The fourth-order valence-corrected chi connectivity index (χ4v) is 4.16. The van der Waals surface area contributed by atoms with Gasteiger partial charge in [0.15, 0.2) is 0 Å². The zero-order chi connectivity index (χ0) is 21.4. The van der Waals surface area contributed by atoms with E-state index in [4.69, 9.17) is 4.11 Å². The van der Waals surface area contributed by atoms with Crippen molar-refractivity contribution in [2.45, 2.75) is 11.4 Å². The summed E-state index contributed by atoms with van der Waals surface area (Å²) in [6, 6.07) is 10.0. The Bertz CT molecular complexity index is 1150. The van der Waals surface area contributed by atoms with E-state index in [1.807, 2.05) is 0 Å². The molecular formula is C18H15BrF2N2O2S. The Labute approximate surface area is 162 Å². The molecule has 0 fully saturated rings. The first-order valence-electron chi connectivity index (χ1n) is 8.90. The summed E-state index contributed by atoms with van der Waals surface area (Å²) in [5, 5.41) is 2.28. The third-order valence-electron chi connectivity index (χ3n) is 3.71. The average Bonchev–Trinajstić information content (AvgIpc) is 3.05. The van der Waals surface area contributed by atoms with Crippen molar-refractivity contribution in [3.05, 3.63) is 76.4 Å². The first-order valence-corrected chi connectivity index (χ1v) is 9.63. The minimum Gasteiger partial charge on any atom is -0.316 e. The first kappa shape index (κ1) is 15.1. The molecule has 0 saturated heterocycles. The van der Waals surface area contributed by atoms with Crippen molar-refractivity contribution in [1.82, 2.24) is 9.29 Å². The molecule has 0 aliphatic carbocycles. The normalized spacial score (nSPS) is 13.9. The van der Waals surface area contributed by atoms with E-state index in [0.717, 1.165) is 16.1 Å². The van der Waals surface area contributed by atoms with Crippen LogP contribution >= 0.6 is 15.9 Å². The molecule has 3 aromatic rings. The number of benzene rings is 2. The summed E-state index contributed by atoms with van der Waals surface area (Å²) in [6.07, 6.45) is 1.22. The smallest absolute Gasteiger partial charge is 0.268 e. The average molecular weight is 444 g/mol. The molecule has 8 heteroatoms. The van der Waals surface area contributed by atoms with Crippen LogP contribution in [0.25, 0.3) is 11.3 Å². The maximum atomic E-state index is 14.4. The molecule has 0 spiro atoms. The Morgan fingerprint density at radius 2 is 1.88 bits per heavy atom. The monoisotopic (exact) mass is 443 g/mol. The molecule has 1 aromatic heterocycles. The lowest BCUT2D eigenvalue weighted by Gasteiger charge is -2.11. The Hall–Kier alpha value is -2.03. The Kier molecular flexibility index (Phi) is 4.23. The molecule has 0 saturated carbocycles. The van der Waals surface area contributed by atoms with Crippen LogP contribution in [0.3, 0.4) is 0 Å². The quantitative estimate of drug-likeness (QED) is 0.644. The van der Waals surface area contributed by atoms with E-state index in [0.29, 0.717) is 16.1 Å². The molecule has 0 aliphatic heterocycles. The summed E-state index contributed by atoms with van der Waals surface area (Å²) in [6.45, 7) is -2.61. The van der Waals surface area contributed by atoms with E-state index in [-0.39, 0.29) is 22.7 Å². The summed E-state index contributed by atoms with van der Waals surface area (Å²) in [7, 11) is -4.13. The number of nitrogens with zero attached hydrogens (tertiary/aromatic N) is 1. The molecule has 2 aromatic carbocycles. The van der Waals surface area contributed by atoms with Crippen molar-refractivity contribution < 1.29 is 21.3 Å². The van der Waals surface area contributed by atoms with Crippen LogP contribution in [0.5, 0.6) is 0 Å². The van der Waals surface area contributed by atoms with Crippen LogP contribution in [0, 0.1) is 11.6 Å². The second-order valence-electron chi connectivity index (χ2n) is 5.47. The molecule has 0 bridgehead atoms. The topological polar surface area (TPSA) is 51.1 Å². The molecule has 0 atom stereocenters. The highest BCUT2D eigenvalue weighted by Crippen LogP contribution is 2.30. The number of aromatic nitrogens is 1. The lowest BCUT2D eigenvalue weighted by atomic mass is 10.1. The van der Waals surface area contributed by atoms with E-state index in [2.05, 4.69) is 21.2 Å². The lowest BCUT2D eigenvalue weighted by molar-refractivity contribution is 0.583. The molecule has 1 heterocycles. The summed E-state index contributed by atoms with van der Waals surface area (Å²) < 4.78 is 77.2.